The summed E-state index contributed by atoms with van der Waals surface area (Å²) in [6.07, 6.45) is 1.97. The molecule has 0 aromatic carbocycles. The van der Waals surface area contributed by atoms with Gasteiger partial charge in [0, 0.05) is 50.6 Å². The SMILES string of the molecule is CCOCc1nc(C)cc(N2CCC(N3CCNC3=O)CC2)n1. The average Bonchev–Trinajstić information content (AvgIpc) is 2.98. The van der Waals surface area contributed by atoms with Crippen molar-refractivity contribution >= 4 is 11.8 Å². The van der Waals surface area contributed by atoms with E-state index >= 15 is 0 Å². The second kappa shape index (κ2) is 7.12. The summed E-state index contributed by atoms with van der Waals surface area (Å²) in [5.74, 6) is 1.71. The van der Waals surface area contributed by atoms with Crippen LogP contribution in [0.25, 0.3) is 0 Å². The van der Waals surface area contributed by atoms with E-state index in [2.05, 4.69) is 20.2 Å². The molecule has 2 amide bonds. The molecule has 0 spiro atoms. The molecule has 0 unspecified atom stereocenters. The molecule has 1 N–H and O–H groups in total. The van der Waals surface area contributed by atoms with Crippen LogP contribution in [-0.4, -0.2) is 59.7 Å². The summed E-state index contributed by atoms with van der Waals surface area (Å²) in [4.78, 5) is 25.1. The lowest BCUT2D eigenvalue weighted by Crippen LogP contribution is -2.46. The fourth-order valence-electron chi connectivity index (χ4n) is 3.27. The normalized spacial score (nSPS) is 19.3. The van der Waals surface area contributed by atoms with Gasteiger partial charge in [-0.15, -0.1) is 0 Å². The second-order valence-corrected chi connectivity index (χ2v) is 6.06. The number of hydrogen-bond acceptors (Lipinski definition) is 5. The molecule has 126 valence electrons. The number of anilines is 1. The van der Waals surface area contributed by atoms with Crippen LogP contribution >= 0.6 is 0 Å². The van der Waals surface area contributed by atoms with E-state index in [1.165, 1.54) is 0 Å². The van der Waals surface area contributed by atoms with Crippen LogP contribution in [0, 0.1) is 6.92 Å². The lowest BCUT2D eigenvalue weighted by Gasteiger charge is -2.36. The van der Waals surface area contributed by atoms with Crippen molar-refractivity contribution in [2.24, 2.45) is 0 Å². The molecule has 2 aliphatic rings. The fraction of sp³-hybridized carbons (Fsp3) is 0.688. The number of aryl methyl sites for hydroxylation is 1. The number of hydrogen-bond donors (Lipinski definition) is 1. The van der Waals surface area contributed by atoms with Gasteiger partial charge < -0.3 is 19.9 Å². The van der Waals surface area contributed by atoms with E-state index in [1.54, 1.807) is 0 Å². The molecule has 0 radical (unpaired) electrons. The quantitative estimate of drug-likeness (QED) is 0.886. The summed E-state index contributed by atoms with van der Waals surface area (Å²) >= 11 is 0. The van der Waals surface area contributed by atoms with Crippen LogP contribution in [0.5, 0.6) is 0 Å². The molecule has 0 atom stereocenters. The number of ether oxygens (including phenoxy) is 1. The molecule has 0 saturated carbocycles. The Bertz CT molecular complexity index is 557. The van der Waals surface area contributed by atoms with Gasteiger partial charge in [0.2, 0.25) is 0 Å². The second-order valence-electron chi connectivity index (χ2n) is 6.06. The van der Waals surface area contributed by atoms with Crippen molar-refractivity contribution in [3.05, 3.63) is 17.6 Å². The van der Waals surface area contributed by atoms with Crippen molar-refractivity contribution < 1.29 is 9.53 Å². The predicted molar refractivity (Wildman–Crippen MR) is 87.4 cm³/mol. The van der Waals surface area contributed by atoms with Gasteiger partial charge in [0.1, 0.15) is 12.4 Å². The Morgan fingerprint density at radius 2 is 2.09 bits per heavy atom. The Morgan fingerprint density at radius 1 is 1.30 bits per heavy atom. The monoisotopic (exact) mass is 319 g/mol. The minimum absolute atomic E-state index is 0.0836. The number of nitrogens with one attached hydrogen (secondary N) is 1. The van der Waals surface area contributed by atoms with Gasteiger partial charge in [0.25, 0.3) is 0 Å². The highest BCUT2D eigenvalue weighted by Gasteiger charge is 2.31. The molecule has 7 nitrogen and oxygen atoms in total. The maximum atomic E-state index is 11.8. The Balaban J connectivity index is 1.63. The van der Waals surface area contributed by atoms with Crippen LogP contribution < -0.4 is 10.2 Å². The molecule has 23 heavy (non-hydrogen) atoms. The molecule has 3 rings (SSSR count). The van der Waals surface area contributed by atoms with Crippen LogP contribution in [0.1, 0.15) is 31.3 Å². The van der Waals surface area contributed by atoms with Gasteiger partial charge in [-0.25, -0.2) is 14.8 Å². The summed E-state index contributed by atoms with van der Waals surface area (Å²) in [5, 5.41) is 2.88. The van der Waals surface area contributed by atoms with Crippen LogP contribution in [-0.2, 0) is 11.3 Å². The molecule has 0 aliphatic carbocycles. The number of amides is 2. The Morgan fingerprint density at radius 3 is 2.74 bits per heavy atom. The Labute approximate surface area is 137 Å². The van der Waals surface area contributed by atoms with Crippen LogP contribution in [0.4, 0.5) is 10.6 Å². The smallest absolute Gasteiger partial charge is 0.317 e. The van der Waals surface area contributed by atoms with Crippen molar-refractivity contribution in [2.45, 2.75) is 39.3 Å². The number of aromatic nitrogens is 2. The fourth-order valence-corrected chi connectivity index (χ4v) is 3.27. The van der Waals surface area contributed by atoms with Gasteiger partial charge in [0.15, 0.2) is 5.82 Å². The van der Waals surface area contributed by atoms with E-state index in [-0.39, 0.29) is 6.03 Å². The first-order valence-electron chi connectivity index (χ1n) is 8.39. The van der Waals surface area contributed by atoms with E-state index in [0.717, 1.165) is 56.4 Å². The van der Waals surface area contributed by atoms with Gasteiger partial charge in [-0.05, 0) is 26.7 Å². The maximum absolute atomic E-state index is 11.8. The van der Waals surface area contributed by atoms with E-state index in [4.69, 9.17) is 4.74 Å². The zero-order valence-corrected chi connectivity index (χ0v) is 13.9. The molecule has 2 saturated heterocycles. The third kappa shape index (κ3) is 3.72. The molecule has 0 bridgehead atoms. The number of nitrogens with zero attached hydrogens (tertiary/aromatic N) is 4. The molecule has 2 fully saturated rings. The summed E-state index contributed by atoms with van der Waals surface area (Å²) in [5.41, 5.74) is 0.964. The first-order chi connectivity index (χ1) is 11.2. The van der Waals surface area contributed by atoms with Gasteiger partial charge in [-0.1, -0.05) is 0 Å². The molecule has 1 aromatic heterocycles. The van der Waals surface area contributed by atoms with Crippen LogP contribution in [0.15, 0.2) is 6.07 Å². The minimum Gasteiger partial charge on any atom is -0.374 e. The van der Waals surface area contributed by atoms with Crippen molar-refractivity contribution in [3.63, 3.8) is 0 Å². The van der Waals surface area contributed by atoms with Gasteiger partial charge in [-0.3, -0.25) is 0 Å². The lowest BCUT2D eigenvalue weighted by atomic mass is 10.0. The summed E-state index contributed by atoms with van der Waals surface area (Å²) in [7, 11) is 0. The van der Waals surface area contributed by atoms with Crippen molar-refractivity contribution in [2.75, 3.05) is 37.7 Å². The highest BCUT2D eigenvalue weighted by molar-refractivity contribution is 5.76. The van der Waals surface area contributed by atoms with Gasteiger partial charge in [-0.2, -0.15) is 0 Å². The number of carbonyl (C=O) groups is 1. The lowest BCUT2D eigenvalue weighted by molar-refractivity contribution is 0.128. The zero-order valence-electron chi connectivity index (χ0n) is 13.9. The minimum atomic E-state index is 0.0836. The average molecular weight is 319 g/mol. The first-order valence-corrected chi connectivity index (χ1v) is 8.39. The van der Waals surface area contributed by atoms with Gasteiger partial charge in [0.05, 0.1) is 0 Å². The molecular weight excluding hydrogens is 294 g/mol. The Kier molecular flexibility index (Phi) is 4.95. The summed E-state index contributed by atoms with van der Waals surface area (Å²) in [6.45, 7) is 8.50. The molecule has 3 heterocycles. The number of carbonyl (C=O) groups excluding carboxylic acids is 1. The predicted octanol–water partition coefficient (Wildman–Crippen LogP) is 1.32. The highest BCUT2D eigenvalue weighted by atomic mass is 16.5. The molecule has 1 aromatic rings. The van der Waals surface area contributed by atoms with E-state index in [0.29, 0.717) is 19.3 Å². The molecule has 7 heteroatoms. The molecular formula is C16H25N5O2. The van der Waals surface area contributed by atoms with Crippen molar-refractivity contribution in [3.8, 4) is 0 Å². The summed E-state index contributed by atoms with van der Waals surface area (Å²) in [6, 6.07) is 2.46. The summed E-state index contributed by atoms with van der Waals surface area (Å²) < 4.78 is 5.42. The van der Waals surface area contributed by atoms with E-state index in [9.17, 15) is 4.79 Å². The van der Waals surface area contributed by atoms with E-state index < -0.39 is 0 Å². The van der Waals surface area contributed by atoms with Crippen LogP contribution in [0.3, 0.4) is 0 Å². The largest absolute Gasteiger partial charge is 0.374 e. The topological polar surface area (TPSA) is 70.6 Å². The number of piperidine rings is 1. The van der Waals surface area contributed by atoms with E-state index in [1.807, 2.05) is 24.8 Å². The van der Waals surface area contributed by atoms with Crippen molar-refractivity contribution in [1.29, 1.82) is 0 Å². The Hall–Kier alpha value is -1.89. The third-order valence-corrected chi connectivity index (χ3v) is 4.44. The maximum Gasteiger partial charge on any atom is 0.317 e. The molecule has 2 aliphatic heterocycles. The zero-order chi connectivity index (χ0) is 16.2. The van der Waals surface area contributed by atoms with Crippen molar-refractivity contribution in [1.82, 2.24) is 20.2 Å². The number of urea groups is 1. The standard InChI is InChI=1S/C16H25N5O2/c1-3-23-11-14-18-12(2)10-15(19-14)20-7-4-13(5-8-20)21-9-6-17-16(21)22/h10,13H,3-9,11H2,1-2H3,(H,17,22). The first kappa shape index (κ1) is 16.0. The third-order valence-electron chi connectivity index (χ3n) is 4.44. The number of rotatable bonds is 5. The van der Waals surface area contributed by atoms with Crippen LogP contribution in [0.2, 0.25) is 0 Å². The highest BCUT2D eigenvalue weighted by Crippen LogP contribution is 2.22. The van der Waals surface area contributed by atoms with Gasteiger partial charge >= 0.3 is 6.03 Å².